The standard InChI is InChI=1S/C9H8N4O2/c10-9(14)8-6(2-1-4-11-8)15-7-3-5-12-13-7/h1-5H,(H2,10,14)(H,12,13). The SMILES string of the molecule is NC(=O)c1ncccc1Oc1ccn[nH]1. The van der Waals surface area contributed by atoms with Gasteiger partial charge in [0.25, 0.3) is 5.91 Å². The molecule has 2 aromatic rings. The Labute approximate surface area is 85.1 Å². The van der Waals surface area contributed by atoms with Crippen LogP contribution in [-0.4, -0.2) is 21.1 Å². The largest absolute Gasteiger partial charge is 0.437 e. The smallest absolute Gasteiger partial charge is 0.271 e. The summed E-state index contributed by atoms with van der Waals surface area (Å²) in [5.41, 5.74) is 5.23. The molecule has 0 atom stereocenters. The highest BCUT2D eigenvalue weighted by molar-refractivity contribution is 5.93. The fourth-order valence-corrected chi connectivity index (χ4v) is 1.08. The number of aromatic nitrogens is 3. The predicted octanol–water partition coefficient (Wildman–Crippen LogP) is 0.696. The van der Waals surface area contributed by atoms with Crippen LogP contribution >= 0.6 is 0 Å². The topological polar surface area (TPSA) is 93.9 Å². The van der Waals surface area contributed by atoms with E-state index >= 15 is 0 Å². The number of rotatable bonds is 3. The van der Waals surface area contributed by atoms with Crippen LogP contribution in [0.25, 0.3) is 0 Å². The molecule has 6 nitrogen and oxygen atoms in total. The van der Waals surface area contributed by atoms with Gasteiger partial charge in [-0.25, -0.2) is 10.1 Å². The highest BCUT2D eigenvalue weighted by Gasteiger charge is 2.11. The molecule has 2 rings (SSSR count). The minimum Gasteiger partial charge on any atom is -0.437 e. The molecule has 15 heavy (non-hydrogen) atoms. The van der Waals surface area contributed by atoms with Crippen molar-refractivity contribution in [3.63, 3.8) is 0 Å². The number of hydrogen-bond donors (Lipinski definition) is 2. The van der Waals surface area contributed by atoms with Crippen LogP contribution < -0.4 is 10.5 Å². The maximum Gasteiger partial charge on any atom is 0.271 e. The summed E-state index contributed by atoms with van der Waals surface area (Å²) in [5, 5.41) is 6.31. The van der Waals surface area contributed by atoms with Crippen LogP contribution in [0.5, 0.6) is 11.6 Å². The number of carbonyl (C=O) groups excluding carboxylic acids is 1. The summed E-state index contributed by atoms with van der Waals surface area (Å²) in [6, 6.07) is 4.88. The van der Waals surface area contributed by atoms with Gasteiger partial charge in [0.05, 0.1) is 6.20 Å². The molecule has 0 aromatic carbocycles. The van der Waals surface area contributed by atoms with Crippen LogP contribution in [0.3, 0.4) is 0 Å². The molecule has 0 fully saturated rings. The summed E-state index contributed by atoms with van der Waals surface area (Å²) >= 11 is 0. The van der Waals surface area contributed by atoms with Crippen LogP contribution in [0.2, 0.25) is 0 Å². The van der Waals surface area contributed by atoms with Gasteiger partial charge in [0, 0.05) is 12.3 Å². The van der Waals surface area contributed by atoms with Crippen molar-refractivity contribution in [1.82, 2.24) is 15.2 Å². The van der Waals surface area contributed by atoms with E-state index in [1.54, 1.807) is 18.2 Å². The third-order valence-corrected chi connectivity index (χ3v) is 1.70. The molecule has 0 bridgehead atoms. The van der Waals surface area contributed by atoms with Crippen LogP contribution in [0, 0.1) is 0 Å². The van der Waals surface area contributed by atoms with E-state index in [1.165, 1.54) is 12.4 Å². The number of pyridine rings is 1. The van der Waals surface area contributed by atoms with Gasteiger partial charge < -0.3 is 10.5 Å². The van der Waals surface area contributed by atoms with E-state index in [-0.39, 0.29) is 5.69 Å². The van der Waals surface area contributed by atoms with Crippen LogP contribution in [0.1, 0.15) is 10.5 Å². The number of hydrogen-bond acceptors (Lipinski definition) is 4. The first-order chi connectivity index (χ1) is 7.27. The first-order valence-electron chi connectivity index (χ1n) is 4.19. The van der Waals surface area contributed by atoms with Crippen molar-refractivity contribution in [3.05, 3.63) is 36.3 Å². The maximum atomic E-state index is 11.0. The highest BCUT2D eigenvalue weighted by Crippen LogP contribution is 2.20. The zero-order valence-corrected chi connectivity index (χ0v) is 7.68. The quantitative estimate of drug-likeness (QED) is 0.769. The van der Waals surface area contributed by atoms with Crippen LogP contribution in [0.4, 0.5) is 0 Å². The Balaban J connectivity index is 2.32. The molecule has 0 aliphatic carbocycles. The second-order valence-electron chi connectivity index (χ2n) is 2.74. The summed E-state index contributed by atoms with van der Waals surface area (Å²) in [5.74, 6) is 0.0878. The van der Waals surface area contributed by atoms with Gasteiger partial charge in [-0.3, -0.25) is 4.79 Å². The summed E-state index contributed by atoms with van der Waals surface area (Å²) in [6.07, 6.45) is 3.01. The van der Waals surface area contributed by atoms with E-state index in [0.717, 1.165) is 0 Å². The van der Waals surface area contributed by atoms with E-state index < -0.39 is 5.91 Å². The molecule has 0 saturated carbocycles. The van der Waals surface area contributed by atoms with Gasteiger partial charge in [-0.1, -0.05) is 0 Å². The van der Waals surface area contributed by atoms with E-state index in [9.17, 15) is 4.79 Å². The Kier molecular flexibility index (Phi) is 2.32. The number of H-pyrrole nitrogens is 1. The molecule has 2 aromatic heterocycles. The molecule has 2 heterocycles. The Bertz CT molecular complexity index is 467. The van der Waals surface area contributed by atoms with Crippen molar-refractivity contribution in [2.24, 2.45) is 5.73 Å². The van der Waals surface area contributed by atoms with E-state index in [0.29, 0.717) is 11.6 Å². The molecule has 0 unspecified atom stereocenters. The van der Waals surface area contributed by atoms with Gasteiger partial charge in [0.1, 0.15) is 0 Å². The molecule has 0 spiro atoms. The summed E-state index contributed by atoms with van der Waals surface area (Å²) in [6.45, 7) is 0. The van der Waals surface area contributed by atoms with Gasteiger partial charge in [-0.15, -0.1) is 0 Å². The monoisotopic (exact) mass is 204 g/mol. The predicted molar refractivity (Wildman–Crippen MR) is 51.4 cm³/mol. The average Bonchev–Trinajstić information content (AvgIpc) is 2.71. The van der Waals surface area contributed by atoms with Gasteiger partial charge >= 0.3 is 0 Å². The van der Waals surface area contributed by atoms with E-state index in [4.69, 9.17) is 10.5 Å². The third kappa shape index (κ3) is 1.93. The van der Waals surface area contributed by atoms with E-state index in [2.05, 4.69) is 15.2 Å². The Morgan fingerprint density at radius 2 is 2.27 bits per heavy atom. The molecular weight excluding hydrogens is 196 g/mol. The number of nitrogens with one attached hydrogen (secondary N) is 1. The number of aromatic amines is 1. The fourth-order valence-electron chi connectivity index (χ4n) is 1.08. The number of carbonyl (C=O) groups is 1. The molecule has 0 saturated heterocycles. The van der Waals surface area contributed by atoms with Gasteiger partial charge in [-0.05, 0) is 12.1 Å². The second kappa shape index (κ2) is 3.79. The minimum atomic E-state index is -0.634. The summed E-state index contributed by atoms with van der Waals surface area (Å²) < 4.78 is 5.33. The normalized spacial score (nSPS) is 9.87. The number of ether oxygens (including phenoxy) is 1. The van der Waals surface area contributed by atoms with Crippen LogP contribution in [0.15, 0.2) is 30.6 Å². The first-order valence-corrected chi connectivity index (χ1v) is 4.19. The molecular formula is C9H8N4O2. The lowest BCUT2D eigenvalue weighted by atomic mass is 10.3. The Hall–Kier alpha value is -2.37. The third-order valence-electron chi connectivity index (χ3n) is 1.70. The van der Waals surface area contributed by atoms with Crippen molar-refractivity contribution in [3.8, 4) is 11.6 Å². The maximum absolute atomic E-state index is 11.0. The lowest BCUT2D eigenvalue weighted by Crippen LogP contribution is -2.14. The van der Waals surface area contributed by atoms with E-state index in [1.807, 2.05) is 0 Å². The number of amides is 1. The first kappa shape index (κ1) is 9.20. The van der Waals surface area contributed by atoms with Gasteiger partial charge in [0.15, 0.2) is 11.4 Å². The van der Waals surface area contributed by atoms with Crippen molar-refractivity contribution in [1.29, 1.82) is 0 Å². The van der Waals surface area contributed by atoms with Crippen molar-refractivity contribution in [2.75, 3.05) is 0 Å². The van der Waals surface area contributed by atoms with Gasteiger partial charge in [0.2, 0.25) is 5.88 Å². The molecule has 76 valence electrons. The van der Waals surface area contributed by atoms with Crippen molar-refractivity contribution in [2.45, 2.75) is 0 Å². The number of nitrogens with zero attached hydrogens (tertiary/aromatic N) is 2. The molecule has 0 aliphatic rings. The molecule has 0 radical (unpaired) electrons. The molecule has 0 aliphatic heterocycles. The second-order valence-corrected chi connectivity index (χ2v) is 2.74. The lowest BCUT2D eigenvalue weighted by Gasteiger charge is -2.04. The van der Waals surface area contributed by atoms with Crippen molar-refractivity contribution < 1.29 is 9.53 Å². The lowest BCUT2D eigenvalue weighted by molar-refractivity contribution is 0.0993. The fraction of sp³-hybridized carbons (Fsp3) is 0. The minimum absolute atomic E-state index is 0.0899. The molecule has 3 N–H and O–H groups in total. The van der Waals surface area contributed by atoms with Crippen molar-refractivity contribution >= 4 is 5.91 Å². The number of primary amides is 1. The molecule has 1 amide bonds. The highest BCUT2D eigenvalue weighted by atomic mass is 16.5. The zero-order chi connectivity index (χ0) is 10.7. The number of nitrogens with two attached hydrogens (primary N) is 1. The Morgan fingerprint density at radius 1 is 1.40 bits per heavy atom. The van der Waals surface area contributed by atoms with Gasteiger partial charge in [-0.2, -0.15) is 5.10 Å². The molecule has 6 heteroatoms. The summed E-state index contributed by atoms with van der Waals surface area (Å²) in [7, 11) is 0. The zero-order valence-electron chi connectivity index (χ0n) is 7.68. The van der Waals surface area contributed by atoms with Crippen LogP contribution in [-0.2, 0) is 0 Å². The summed E-state index contributed by atoms with van der Waals surface area (Å²) in [4.78, 5) is 14.8. The Morgan fingerprint density at radius 3 is 2.93 bits per heavy atom. The average molecular weight is 204 g/mol.